The number of halogens is 5. The summed E-state index contributed by atoms with van der Waals surface area (Å²) in [5.41, 5.74) is -0.962. The van der Waals surface area contributed by atoms with E-state index in [2.05, 4.69) is 11.8 Å². The van der Waals surface area contributed by atoms with Crippen LogP contribution in [0.25, 0.3) is 0 Å². The quantitative estimate of drug-likeness (QED) is 0.309. The van der Waals surface area contributed by atoms with Crippen molar-refractivity contribution in [2.45, 2.75) is 77.0 Å². The van der Waals surface area contributed by atoms with Gasteiger partial charge in [-0.15, -0.1) is 0 Å². The second-order valence-electron chi connectivity index (χ2n) is 8.98. The van der Waals surface area contributed by atoms with Gasteiger partial charge in [-0.3, -0.25) is 5.26 Å². The summed E-state index contributed by atoms with van der Waals surface area (Å²) in [5, 5.41) is 9.39. The molecule has 1 atom stereocenters. The van der Waals surface area contributed by atoms with Gasteiger partial charge in [0.15, 0.2) is 0 Å². The van der Waals surface area contributed by atoms with Crippen molar-refractivity contribution in [3.63, 3.8) is 0 Å². The predicted molar refractivity (Wildman–Crippen MR) is 99.1 cm³/mol. The summed E-state index contributed by atoms with van der Waals surface area (Å²) >= 11 is 0. The molecule has 0 amide bonds. The molecule has 0 saturated heterocycles. The van der Waals surface area contributed by atoms with Crippen LogP contribution in [0.15, 0.2) is 12.1 Å². The van der Waals surface area contributed by atoms with Crippen molar-refractivity contribution in [3.8, 4) is 0 Å². The second kappa shape index (κ2) is 9.29. The highest BCUT2D eigenvalue weighted by Crippen LogP contribution is 2.45. The molecular formula is C22H29F5O2. The Labute approximate surface area is 168 Å². The van der Waals surface area contributed by atoms with Crippen LogP contribution in [-0.4, -0.2) is 11.4 Å². The molecule has 1 unspecified atom stereocenters. The monoisotopic (exact) mass is 420 g/mol. The van der Waals surface area contributed by atoms with Crippen LogP contribution in [0.3, 0.4) is 0 Å². The molecule has 2 aliphatic rings. The molecule has 7 heteroatoms. The smallest absolute Gasteiger partial charge is 0.251 e. The Balaban J connectivity index is 1.66. The Hall–Kier alpha value is -1.21. The molecule has 0 aromatic heterocycles. The van der Waals surface area contributed by atoms with E-state index in [4.69, 9.17) is 0 Å². The fourth-order valence-corrected chi connectivity index (χ4v) is 5.25. The van der Waals surface area contributed by atoms with Crippen LogP contribution >= 0.6 is 0 Å². The fourth-order valence-electron chi connectivity index (χ4n) is 5.25. The summed E-state index contributed by atoms with van der Waals surface area (Å²) in [5.74, 6) is -0.502. The largest absolute Gasteiger partial charge is 0.393 e. The van der Waals surface area contributed by atoms with Crippen molar-refractivity contribution in [3.05, 3.63) is 34.9 Å². The summed E-state index contributed by atoms with van der Waals surface area (Å²) in [6.45, 7) is 2.29. The summed E-state index contributed by atoms with van der Waals surface area (Å²) in [7, 11) is 0. The molecule has 1 aromatic rings. The molecule has 0 radical (unpaired) electrons. The third kappa shape index (κ3) is 5.69. The molecule has 164 valence electrons. The Morgan fingerprint density at radius 1 is 0.931 bits per heavy atom. The van der Waals surface area contributed by atoms with Crippen LogP contribution in [0.1, 0.15) is 75.5 Å². The molecule has 29 heavy (non-hydrogen) atoms. The normalized spacial score (nSPS) is 29.6. The van der Waals surface area contributed by atoms with Gasteiger partial charge in [0.05, 0.1) is 6.42 Å². The van der Waals surface area contributed by atoms with E-state index in [1.165, 1.54) is 25.7 Å². The van der Waals surface area contributed by atoms with E-state index in [0.717, 1.165) is 49.7 Å². The molecule has 2 saturated carbocycles. The van der Waals surface area contributed by atoms with E-state index < -0.39 is 35.9 Å². The lowest BCUT2D eigenvalue weighted by Crippen LogP contribution is -2.28. The number of hydrogen-bond donors (Lipinski definition) is 1. The summed E-state index contributed by atoms with van der Waals surface area (Å²) in [6.07, 6.45) is 1.16. The molecule has 1 aromatic carbocycles. The predicted octanol–water partition coefficient (Wildman–Crippen LogP) is 7.23. The molecule has 2 fully saturated rings. The standard InChI is InChI=1S/C22H29F5O2/c1-13-2-4-14(5-3-13)15-6-8-16(9-7-15)21(29-28)17-10-19(23)18(20(24)11-17)12-22(25,26)27/h10-11,13-16,21,28H,2-9,12H2,1H3. The Morgan fingerprint density at radius 3 is 1.86 bits per heavy atom. The average Bonchev–Trinajstić information content (AvgIpc) is 2.66. The van der Waals surface area contributed by atoms with E-state index in [1.54, 1.807) is 0 Å². The summed E-state index contributed by atoms with van der Waals surface area (Å²) in [4.78, 5) is 4.57. The highest BCUT2D eigenvalue weighted by atomic mass is 19.4. The molecule has 1 N–H and O–H groups in total. The first-order valence-corrected chi connectivity index (χ1v) is 10.5. The van der Waals surface area contributed by atoms with Gasteiger partial charge in [0.2, 0.25) is 0 Å². The van der Waals surface area contributed by atoms with Gasteiger partial charge in [0.25, 0.3) is 0 Å². The van der Waals surface area contributed by atoms with Crippen molar-refractivity contribution < 1.29 is 32.1 Å². The van der Waals surface area contributed by atoms with Gasteiger partial charge in [-0.1, -0.05) is 19.8 Å². The van der Waals surface area contributed by atoms with Crippen molar-refractivity contribution >= 4 is 0 Å². The molecule has 2 nitrogen and oxygen atoms in total. The minimum absolute atomic E-state index is 0.0448. The number of rotatable bonds is 5. The lowest BCUT2D eigenvalue weighted by molar-refractivity contribution is -0.296. The van der Waals surface area contributed by atoms with Crippen LogP contribution in [-0.2, 0) is 11.3 Å². The Morgan fingerprint density at radius 2 is 1.41 bits per heavy atom. The van der Waals surface area contributed by atoms with Gasteiger partial charge in [-0.2, -0.15) is 13.2 Å². The van der Waals surface area contributed by atoms with Crippen LogP contribution in [0.2, 0.25) is 0 Å². The second-order valence-corrected chi connectivity index (χ2v) is 8.98. The van der Waals surface area contributed by atoms with Gasteiger partial charge < -0.3 is 0 Å². The minimum Gasteiger partial charge on any atom is -0.251 e. The van der Waals surface area contributed by atoms with Crippen molar-refractivity contribution in [1.29, 1.82) is 0 Å². The zero-order valence-corrected chi connectivity index (χ0v) is 16.7. The molecule has 0 spiro atoms. The Kier molecular flexibility index (Phi) is 7.20. The van der Waals surface area contributed by atoms with Gasteiger partial charge >= 0.3 is 6.18 Å². The summed E-state index contributed by atoms with van der Waals surface area (Å²) < 4.78 is 65.9. The molecular weight excluding hydrogens is 391 g/mol. The third-order valence-corrected chi connectivity index (χ3v) is 6.95. The van der Waals surface area contributed by atoms with Gasteiger partial charge in [-0.05, 0) is 79.9 Å². The lowest BCUT2D eigenvalue weighted by atomic mass is 9.68. The van der Waals surface area contributed by atoms with E-state index in [0.29, 0.717) is 5.92 Å². The first kappa shape index (κ1) is 22.5. The lowest BCUT2D eigenvalue weighted by Gasteiger charge is -2.38. The van der Waals surface area contributed by atoms with Crippen molar-refractivity contribution in [2.24, 2.45) is 23.7 Å². The van der Waals surface area contributed by atoms with Crippen molar-refractivity contribution in [1.82, 2.24) is 0 Å². The van der Waals surface area contributed by atoms with Crippen LogP contribution < -0.4 is 0 Å². The average molecular weight is 420 g/mol. The zero-order valence-electron chi connectivity index (χ0n) is 16.7. The van der Waals surface area contributed by atoms with Gasteiger partial charge in [0, 0.05) is 5.56 Å². The maximum Gasteiger partial charge on any atom is 0.393 e. The topological polar surface area (TPSA) is 29.5 Å². The van der Waals surface area contributed by atoms with Gasteiger partial charge in [-0.25, -0.2) is 13.7 Å². The SMILES string of the molecule is CC1CCC(C2CCC(C(OO)c3cc(F)c(CC(F)(F)F)c(F)c3)CC2)CC1. The Bertz CT molecular complexity index is 651. The fraction of sp³-hybridized carbons (Fsp3) is 0.727. The van der Waals surface area contributed by atoms with Crippen LogP contribution in [0.4, 0.5) is 22.0 Å². The molecule has 0 aliphatic heterocycles. The highest BCUT2D eigenvalue weighted by molar-refractivity contribution is 5.29. The number of benzene rings is 1. The molecule has 0 heterocycles. The maximum atomic E-state index is 14.2. The molecule has 3 rings (SSSR count). The molecule has 0 bridgehead atoms. The first-order valence-electron chi connectivity index (χ1n) is 10.5. The number of alkyl halides is 3. The minimum atomic E-state index is -4.70. The molecule has 2 aliphatic carbocycles. The van der Waals surface area contributed by atoms with Gasteiger partial charge in [0.1, 0.15) is 17.7 Å². The van der Waals surface area contributed by atoms with E-state index in [1.807, 2.05) is 0 Å². The van der Waals surface area contributed by atoms with Crippen LogP contribution in [0.5, 0.6) is 0 Å². The van der Waals surface area contributed by atoms with Crippen LogP contribution in [0, 0.1) is 35.3 Å². The first-order chi connectivity index (χ1) is 13.7. The summed E-state index contributed by atoms with van der Waals surface area (Å²) in [6, 6.07) is 1.72. The third-order valence-electron chi connectivity index (χ3n) is 6.95. The van der Waals surface area contributed by atoms with E-state index in [-0.39, 0.29) is 11.5 Å². The van der Waals surface area contributed by atoms with E-state index in [9.17, 15) is 27.2 Å². The number of hydrogen-bond acceptors (Lipinski definition) is 2. The van der Waals surface area contributed by atoms with E-state index >= 15 is 0 Å². The zero-order chi connectivity index (χ0) is 21.2. The highest BCUT2D eigenvalue weighted by Gasteiger charge is 2.36. The van der Waals surface area contributed by atoms with Crippen molar-refractivity contribution in [2.75, 3.05) is 0 Å². The maximum absolute atomic E-state index is 14.2.